The second-order valence-electron chi connectivity index (χ2n) is 3.62. The van der Waals surface area contributed by atoms with E-state index in [9.17, 15) is 4.79 Å². The van der Waals surface area contributed by atoms with E-state index < -0.39 is 0 Å². The van der Waals surface area contributed by atoms with E-state index in [-0.39, 0.29) is 5.78 Å². The Kier molecular flexibility index (Phi) is 8.83. The molecule has 0 fully saturated rings. The van der Waals surface area contributed by atoms with E-state index in [1.165, 1.54) is 0 Å². The average molecular weight is 201 g/mol. The highest BCUT2D eigenvalue weighted by Gasteiger charge is 2.05. The summed E-state index contributed by atoms with van der Waals surface area (Å²) in [4.78, 5) is 13.1. The van der Waals surface area contributed by atoms with Crippen LogP contribution in [0.2, 0.25) is 0 Å². The van der Waals surface area contributed by atoms with Crippen LogP contribution >= 0.6 is 0 Å². The Labute approximate surface area is 86.6 Å². The zero-order valence-corrected chi connectivity index (χ0v) is 9.17. The average Bonchev–Trinajstić information content (AvgIpc) is 2.13. The molecule has 0 saturated heterocycles. The third-order valence-electron chi connectivity index (χ3n) is 2.05. The van der Waals surface area contributed by atoms with Crippen LogP contribution in [0.25, 0.3) is 0 Å². The SMILES string of the molecule is CC(=O)CN(CCCN)CCCCN. The van der Waals surface area contributed by atoms with Gasteiger partial charge in [0.1, 0.15) is 5.78 Å². The molecule has 0 rings (SSSR count). The molecule has 0 aromatic rings. The van der Waals surface area contributed by atoms with E-state index in [4.69, 9.17) is 11.5 Å². The molecule has 0 heterocycles. The van der Waals surface area contributed by atoms with Crippen LogP contribution in [0.5, 0.6) is 0 Å². The Balaban J connectivity index is 3.66. The summed E-state index contributed by atoms with van der Waals surface area (Å²) in [5, 5.41) is 0. The van der Waals surface area contributed by atoms with Crippen LogP contribution in [0, 0.1) is 0 Å². The molecule has 0 aliphatic heterocycles. The van der Waals surface area contributed by atoms with Gasteiger partial charge in [0.15, 0.2) is 0 Å². The van der Waals surface area contributed by atoms with Gasteiger partial charge >= 0.3 is 0 Å². The minimum atomic E-state index is 0.217. The maximum absolute atomic E-state index is 11.0. The van der Waals surface area contributed by atoms with Crippen molar-refractivity contribution in [2.75, 3.05) is 32.7 Å². The maximum Gasteiger partial charge on any atom is 0.143 e. The smallest absolute Gasteiger partial charge is 0.143 e. The highest BCUT2D eigenvalue weighted by molar-refractivity contribution is 5.77. The number of ketones is 1. The van der Waals surface area contributed by atoms with Crippen LogP contribution in [0.4, 0.5) is 0 Å². The minimum Gasteiger partial charge on any atom is -0.330 e. The molecule has 0 saturated carbocycles. The zero-order valence-electron chi connectivity index (χ0n) is 9.17. The summed E-state index contributed by atoms with van der Waals surface area (Å²) < 4.78 is 0. The second kappa shape index (κ2) is 9.12. The molecule has 0 aliphatic carbocycles. The van der Waals surface area contributed by atoms with Gasteiger partial charge in [-0.05, 0) is 52.4 Å². The first-order valence-electron chi connectivity index (χ1n) is 5.32. The lowest BCUT2D eigenvalue weighted by Gasteiger charge is -2.20. The van der Waals surface area contributed by atoms with Gasteiger partial charge in [-0.1, -0.05) is 0 Å². The van der Waals surface area contributed by atoms with Crippen molar-refractivity contribution in [3.05, 3.63) is 0 Å². The van der Waals surface area contributed by atoms with Crippen LogP contribution in [0.1, 0.15) is 26.2 Å². The highest BCUT2D eigenvalue weighted by atomic mass is 16.1. The van der Waals surface area contributed by atoms with Gasteiger partial charge in [0, 0.05) is 0 Å². The fraction of sp³-hybridized carbons (Fsp3) is 0.900. The molecular formula is C10H23N3O. The van der Waals surface area contributed by atoms with E-state index >= 15 is 0 Å². The van der Waals surface area contributed by atoms with Crippen molar-refractivity contribution < 1.29 is 4.79 Å². The predicted molar refractivity (Wildman–Crippen MR) is 59.1 cm³/mol. The largest absolute Gasteiger partial charge is 0.330 e. The summed E-state index contributed by atoms with van der Waals surface area (Å²) in [6, 6.07) is 0. The number of nitrogens with two attached hydrogens (primary N) is 2. The van der Waals surface area contributed by atoms with Gasteiger partial charge in [0.25, 0.3) is 0 Å². The first-order valence-corrected chi connectivity index (χ1v) is 5.32. The maximum atomic E-state index is 11.0. The molecule has 0 atom stereocenters. The van der Waals surface area contributed by atoms with E-state index in [1.54, 1.807) is 6.92 Å². The Morgan fingerprint density at radius 1 is 1.07 bits per heavy atom. The summed E-state index contributed by atoms with van der Waals surface area (Å²) in [5.74, 6) is 0.217. The molecular weight excluding hydrogens is 178 g/mol. The Hall–Kier alpha value is -0.450. The van der Waals surface area contributed by atoms with Crippen molar-refractivity contribution in [1.29, 1.82) is 0 Å². The van der Waals surface area contributed by atoms with E-state index in [2.05, 4.69) is 4.90 Å². The van der Waals surface area contributed by atoms with Crippen molar-refractivity contribution in [3.63, 3.8) is 0 Å². The molecule has 0 aliphatic rings. The lowest BCUT2D eigenvalue weighted by atomic mass is 10.2. The number of nitrogens with zero attached hydrogens (tertiary/aromatic N) is 1. The van der Waals surface area contributed by atoms with Crippen molar-refractivity contribution in [3.8, 4) is 0 Å². The zero-order chi connectivity index (χ0) is 10.8. The number of unbranched alkanes of at least 4 members (excludes halogenated alkanes) is 1. The number of carbonyl (C=O) groups excluding carboxylic acids is 1. The quantitative estimate of drug-likeness (QED) is 0.514. The van der Waals surface area contributed by atoms with E-state index in [0.717, 1.165) is 38.9 Å². The summed E-state index contributed by atoms with van der Waals surface area (Å²) in [6.07, 6.45) is 3.04. The number of hydrogen-bond acceptors (Lipinski definition) is 4. The summed E-state index contributed by atoms with van der Waals surface area (Å²) in [7, 11) is 0. The topological polar surface area (TPSA) is 72.3 Å². The molecule has 0 bridgehead atoms. The normalized spacial score (nSPS) is 10.9. The summed E-state index contributed by atoms with van der Waals surface area (Å²) in [6.45, 7) is 5.45. The molecule has 84 valence electrons. The van der Waals surface area contributed by atoms with Gasteiger partial charge < -0.3 is 11.5 Å². The number of rotatable bonds is 9. The number of Topliss-reactive ketones (excluding diaryl/α,β-unsaturated/α-hetero) is 1. The number of hydrogen-bond donors (Lipinski definition) is 2. The first kappa shape index (κ1) is 13.5. The predicted octanol–water partition coefficient (Wildman–Crippen LogP) is -0.0349. The van der Waals surface area contributed by atoms with Crippen LogP contribution in [-0.2, 0) is 4.79 Å². The van der Waals surface area contributed by atoms with Gasteiger partial charge in [-0.3, -0.25) is 9.69 Å². The molecule has 0 radical (unpaired) electrons. The summed E-state index contributed by atoms with van der Waals surface area (Å²) in [5.41, 5.74) is 10.8. The molecule has 0 amide bonds. The molecule has 0 aromatic heterocycles. The Bertz CT molecular complexity index is 150. The third kappa shape index (κ3) is 8.16. The van der Waals surface area contributed by atoms with Gasteiger partial charge in [-0.2, -0.15) is 0 Å². The first-order chi connectivity index (χ1) is 6.70. The third-order valence-corrected chi connectivity index (χ3v) is 2.05. The van der Waals surface area contributed by atoms with Crippen molar-refractivity contribution >= 4 is 5.78 Å². The fourth-order valence-corrected chi connectivity index (χ4v) is 1.38. The van der Waals surface area contributed by atoms with Crippen molar-refractivity contribution in [2.24, 2.45) is 11.5 Å². The fourth-order valence-electron chi connectivity index (χ4n) is 1.38. The van der Waals surface area contributed by atoms with Gasteiger partial charge in [0.05, 0.1) is 6.54 Å². The van der Waals surface area contributed by atoms with Gasteiger partial charge in [0.2, 0.25) is 0 Å². The van der Waals surface area contributed by atoms with Crippen LogP contribution in [0.3, 0.4) is 0 Å². The second-order valence-corrected chi connectivity index (χ2v) is 3.62. The molecule has 0 aromatic carbocycles. The Morgan fingerprint density at radius 2 is 1.64 bits per heavy atom. The van der Waals surface area contributed by atoms with Crippen LogP contribution in [-0.4, -0.2) is 43.4 Å². The van der Waals surface area contributed by atoms with Crippen LogP contribution < -0.4 is 11.5 Å². The molecule has 0 unspecified atom stereocenters. The lowest BCUT2D eigenvalue weighted by Crippen LogP contribution is -2.32. The van der Waals surface area contributed by atoms with Gasteiger partial charge in [-0.15, -0.1) is 0 Å². The standard InChI is InChI=1S/C10H23N3O/c1-10(14)9-13(8-4-6-12)7-3-2-5-11/h2-9,11-12H2,1H3. The Morgan fingerprint density at radius 3 is 2.14 bits per heavy atom. The monoisotopic (exact) mass is 201 g/mol. The van der Waals surface area contributed by atoms with Gasteiger partial charge in [-0.25, -0.2) is 0 Å². The molecule has 4 N–H and O–H groups in total. The number of carbonyl (C=O) groups is 1. The highest BCUT2D eigenvalue weighted by Crippen LogP contribution is 1.96. The van der Waals surface area contributed by atoms with Crippen molar-refractivity contribution in [2.45, 2.75) is 26.2 Å². The summed E-state index contributed by atoms with van der Waals surface area (Å²) >= 11 is 0. The minimum absolute atomic E-state index is 0.217. The van der Waals surface area contributed by atoms with E-state index in [1.807, 2.05) is 0 Å². The lowest BCUT2D eigenvalue weighted by molar-refractivity contribution is -0.118. The van der Waals surface area contributed by atoms with Crippen molar-refractivity contribution in [1.82, 2.24) is 4.90 Å². The van der Waals surface area contributed by atoms with Crippen LogP contribution in [0.15, 0.2) is 0 Å². The molecule has 4 heteroatoms. The molecule has 4 nitrogen and oxygen atoms in total. The molecule has 0 spiro atoms. The molecule has 14 heavy (non-hydrogen) atoms. The van der Waals surface area contributed by atoms with E-state index in [0.29, 0.717) is 13.1 Å².